The number of methoxy groups -OCH3 is 1. The molecule has 0 radical (unpaired) electrons. The molecule has 1 saturated heterocycles. The van der Waals surface area contributed by atoms with Gasteiger partial charge in [-0.05, 0) is 43.7 Å². The van der Waals surface area contributed by atoms with E-state index in [0.717, 1.165) is 31.7 Å². The third kappa shape index (κ3) is 3.20. The minimum atomic E-state index is -0.323. The Morgan fingerprint density at radius 2 is 2.12 bits per heavy atom. The quantitative estimate of drug-likeness (QED) is 0.808. The molecule has 1 aromatic rings. The maximum absolute atomic E-state index is 11.2. The minimum absolute atomic E-state index is 0.229. The molecule has 4 heteroatoms. The van der Waals surface area contributed by atoms with Crippen LogP contribution in [0.2, 0.25) is 0 Å². The number of carbonyl (C=O) groups is 1. The number of nitrogens with one attached hydrogen (secondary N) is 1. The molecular formula is C13H17NO3. The van der Waals surface area contributed by atoms with Crippen LogP contribution in [0.25, 0.3) is 0 Å². The van der Waals surface area contributed by atoms with E-state index >= 15 is 0 Å². The predicted octanol–water partition coefficient (Wildman–Crippen LogP) is 1.60. The highest BCUT2D eigenvalue weighted by Gasteiger charge is 2.14. The molecule has 17 heavy (non-hydrogen) atoms. The van der Waals surface area contributed by atoms with Gasteiger partial charge in [0.15, 0.2) is 0 Å². The number of ether oxygens (including phenoxy) is 2. The maximum atomic E-state index is 11.2. The molecule has 0 aromatic heterocycles. The minimum Gasteiger partial charge on any atom is -0.489 e. The smallest absolute Gasteiger partial charge is 0.337 e. The molecule has 1 N–H and O–H groups in total. The SMILES string of the molecule is COC(=O)c1ccc(O[C@@H]2CCCNC2)cc1. The molecular weight excluding hydrogens is 218 g/mol. The molecule has 1 aliphatic heterocycles. The molecule has 1 aliphatic rings. The van der Waals surface area contributed by atoms with Crippen LogP contribution < -0.4 is 10.1 Å². The van der Waals surface area contributed by atoms with E-state index in [0.29, 0.717) is 5.56 Å². The van der Waals surface area contributed by atoms with Crippen LogP contribution >= 0.6 is 0 Å². The fourth-order valence-corrected chi connectivity index (χ4v) is 1.90. The monoisotopic (exact) mass is 235 g/mol. The molecule has 92 valence electrons. The van der Waals surface area contributed by atoms with Crippen molar-refractivity contribution in [3.05, 3.63) is 29.8 Å². The number of piperidine rings is 1. The van der Waals surface area contributed by atoms with Crippen molar-refractivity contribution < 1.29 is 14.3 Å². The average Bonchev–Trinajstić information content (AvgIpc) is 2.40. The molecule has 0 unspecified atom stereocenters. The third-order valence-corrected chi connectivity index (χ3v) is 2.83. The summed E-state index contributed by atoms with van der Waals surface area (Å²) in [6.07, 6.45) is 2.45. The number of hydrogen-bond acceptors (Lipinski definition) is 4. The van der Waals surface area contributed by atoms with Gasteiger partial charge in [0, 0.05) is 6.54 Å². The number of rotatable bonds is 3. The van der Waals surface area contributed by atoms with Crippen molar-refractivity contribution in [2.75, 3.05) is 20.2 Å². The zero-order valence-electron chi connectivity index (χ0n) is 9.94. The molecule has 4 nitrogen and oxygen atoms in total. The molecule has 2 rings (SSSR count). The van der Waals surface area contributed by atoms with Crippen LogP contribution in [0.5, 0.6) is 5.75 Å². The van der Waals surface area contributed by atoms with Crippen molar-refractivity contribution in [1.82, 2.24) is 5.32 Å². The molecule has 1 aromatic carbocycles. The second-order valence-corrected chi connectivity index (χ2v) is 4.10. The highest BCUT2D eigenvalue weighted by atomic mass is 16.5. The fourth-order valence-electron chi connectivity index (χ4n) is 1.90. The Balaban J connectivity index is 1.95. The summed E-state index contributed by atoms with van der Waals surface area (Å²) in [4.78, 5) is 11.2. The van der Waals surface area contributed by atoms with Crippen LogP contribution in [-0.2, 0) is 4.74 Å². The van der Waals surface area contributed by atoms with E-state index < -0.39 is 0 Å². The van der Waals surface area contributed by atoms with Crippen LogP contribution in [0.3, 0.4) is 0 Å². The van der Waals surface area contributed by atoms with Gasteiger partial charge >= 0.3 is 5.97 Å². The fraction of sp³-hybridized carbons (Fsp3) is 0.462. The van der Waals surface area contributed by atoms with Crippen LogP contribution in [0, 0.1) is 0 Å². The zero-order chi connectivity index (χ0) is 12.1. The zero-order valence-corrected chi connectivity index (χ0v) is 9.94. The number of hydrogen-bond donors (Lipinski definition) is 1. The van der Waals surface area contributed by atoms with Crippen molar-refractivity contribution in [3.63, 3.8) is 0 Å². The van der Waals surface area contributed by atoms with E-state index in [4.69, 9.17) is 4.74 Å². The highest BCUT2D eigenvalue weighted by molar-refractivity contribution is 5.89. The summed E-state index contributed by atoms with van der Waals surface area (Å²) in [7, 11) is 1.38. The Morgan fingerprint density at radius 1 is 1.35 bits per heavy atom. The Kier molecular flexibility index (Phi) is 3.98. The first-order chi connectivity index (χ1) is 8.29. The highest BCUT2D eigenvalue weighted by Crippen LogP contribution is 2.17. The van der Waals surface area contributed by atoms with Gasteiger partial charge in [-0.2, -0.15) is 0 Å². The second-order valence-electron chi connectivity index (χ2n) is 4.10. The lowest BCUT2D eigenvalue weighted by Crippen LogP contribution is -2.37. The standard InChI is InChI=1S/C13H17NO3/c1-16-13(15)10-4-6-11(7-5-10)17-12-3-2-8-14-9-12/h4-7,12,14H,2-3,8-9H2,1H3/t12-/m1/s1. The third-order valence-electron chi connectivity index (χ3n) is 2.83. The maximum Gasteiger partial charge on any atom is 0.337 e. The number of carbonyl (C=O) groups excluding carboxylic acids is 1. The molecule has 1 fully saturated rings. The van der Waals surface area contributed by atoms with Crippen LogP contribution in [0.1, 0.15) is 23.2 Å². The molecule has 0 spiro atoms. The Labute approximate surface area is 101 Å². The van der Waals surface area contributed by atoms with E-state index in [-0.39, 0.29) is 12.1 Å². The summed E-state index contributed by atoms with van der Waals surface area (Å²) in [5, 5.41) is 3.29. The summed E-state index contributed by atoms with van der Waals surface area (Å²) >= 11 is 0. The number of esters is 1. The van der Waals surface area contributed by atoms with E-state index in [2.05, 4.69) is 10.1 Å². The van der Waals surface area contributed by atoms with Crippen LogP contribution in [-0.4, -0.2) is 32.3 Å². The Morgan fingerprint density at radius 3 is 2.71 bits per heavy atom. The Bertz CT molecular complexity index is 369. The van der Waals surface area contributed by atoms with Gasteiger partial charge in [-0.15, -0.1) is 0 Å². The summed E-state index contributed by atoms with van der Waals surface area (Å²) in [5.74, 6) is 0.474. The van der Waals surface area contributed by atoms with Gasteiger partial charge in [0.05, 0.1) is 12.7 Å². The normalized spacial score (nSPS) is 19.7. The van der Waals surface area contributed by atoms with Gasteiger partial charge in [0.1, 0.15) is 11.9 Å². The van der Waals surface area contributed by atoms with Crippen molar-refractivity contribution in [3.8, 4) is 5.75 Å². The van der Waals surface area contributed by atoms with Crippen molar-refractivity contribution in [2.24, 2.45) is 0 Å². The molecule has 1 atom stereocenters. The first kappa shape index (κ1) is 11.9. The second kappa shape index (κ2) is 5.68. The molecule has 0 aliphatic carbocycles. The summed E-state index contributed by atoms with van der Waals surface area (Å²) < 4.78 is 10.4. The van der Waals surface area contributed by atoms with Crippen LogP contribution in [0.4, 0.5) is 0 Å². The lowest BCUT2D eigenvalue weighted by Gasteiger charge is -2.23. The average molecular weight is 235 g/mol. The van der Waals surface area contributed by atoms with Crippen molar-refractivity contribution in [2.45, 2.75) is 18.9 Å². The molecule has 0 saturated carbocycles. The first-order valence-electron chi connectivity index (χ1n) is 5.85. The largest absolute Gasteiger partial charge is 0.489 e. The van der Waals surface area contributed by atoms with Crippen molar-refractivity contribution >= 4 is 5.97 Å². The van der Waals surface area contributed by atoms with E-state index in [1.807, 2.05) is 0 Å². The topological polar surface area (TPSA) is 47.6 Å². The number of benzene rings is 1. The summed E-state index contributed by atoms with van der Waals surface area (Å²) in [6.45, 7) is 1.96. The van der Waals surface area contributed by atoms with Crippen molar-refractivity contribution in [1.29, 1.82) is 0 Å². The Hall–Kier alpha value is -1.55. The van der Waals surface area contributed by atoms with E-state index in [1.54, 1.807) is 24.3 Å². The predicted molar refractivity (Wildman–Crippen MR) is 64.3 cm³/mol. The van der Waals surface area contributed by atoms with Crippen LogP contribution in [0.15, 0.2) is 24.3 Å². The van der Waals surface area contributed by atoms with Gasteiger partial charge in [0.2, 0.25) is 0 Å². The summed E-state index contributed by atoms with van der Waals surface area (Å²) in [5.41, 5.74) is 0.543. The van der Waals surface area contributed by atoms with Gasteiger partial charge in [-0.25, -0.2) is 4.79 Å². The van der Waals surface area contributed by atoms with E-state index in [9.17, 15) is 4.79 Å². The molecule has 0 amide bonds. The van der Waals surface area contributed by atoms with Gasteiger partial charge < -0.3 is 14.8 Å². The van der Waals surface area contributed by atoms with Gasteiger partial charge in [-0.1, -0.05) is 0 Å². The lowest BCUT2D eigenvalue weighted by molar-refractivity contribution is 0.0600. The van der Waals surface area contributed by atoms with Gasteiger partial charge in [0.25, 0.3) is 0 Å². The first-order valence-corrected chi connectivity index (χ1v) is 5.85. The lowest BCUT2D eigenvalue weighted by atomic mass is 10.1. The van der Waals surface area contributed by atoms with Gasteiger partial charge in [-0.3, -0.25) is 0 Å². The summed E-state index contributed by atoms with van der Waals surface area (Å²) in [6, 6.07) is 7.05. The molecule has 0 bridgehead atoms. The van der Waals surface area contributed by atoms with E-state index in [1.165, 1.54) is 7.11 Å². The molecule has 1 heterocycles.